The van der Waals surface area contributed by atoms with Crippen molar-refractivity contribution in [2.75, 3.05) is 0 Å². The number of rotatable bonds is 4. The van der Waals surface area contributed by atoms with Crippen LogP contribution in [-0.2, 0) is 5.41 Å². The minimum absolute atomic E-state index is 0.253. The molecule has 0 amide bonds. The van der Waals surface area contributed by atoms with E-state index in [2.05, 4.69) is 9.97 Å². The molecule has 6 aromatic rings. The average Bonchev–Trinajstić information content (AvgIpc) is 3.47. The van der Waals surface area contributed by atoms with E-state index in [1.165, 1.54) is 0 Å². The van der Waals surface area contributed by atoms with E-state index in [4.69, 9.17) is 0 Å². The van der Waals surface area contributed by atoms with Crippen molar-refractivity contribution in [2.24, 2.45) is 0 Å². The Bertz CT molecular complexity index is 2140. The lowest BCUT2D eigenvalue weighted by molar-refractivity contribution is 0.0872. The maximum Gasteiger partial charge on any atom is 0.180 e. The molecule has 2 heterocycles. The molecule has 2 unspecified atom stereocenters. The molecule has 0 N–H and O–H groups in total. The van der Waals surface area contributed by atoms with Crippen LogP contribution in [0.2, 0.25) is 0 Å². The zero-order valence-corrected chi connectivity index (χ0v) is 24.6. The number of fused-ring (bicyclic) bond motifs is 4. The van der Waals surface area contributed by atoms with Gasteiger partial charge in [-0.1, -0.05) is 86.6 Å². The van der Waals surface area contributed by atoms with Gasteiger partial charge in [0.05, 0.1) is 22.4 Å². The highest BCUT2D eigenvalue weighted by Gasteiger charge is 2.43. The van der Waals surface area contributed by atoms with Crippen LogP contribution < -0.4 is 0 Å². The number of para-hydroxylation sites is 2. The Balaban J connectivity index is 1.12. The van der Waals surface area contributed by atoms with E-state index in [-0.39, 0.29) is 23.1 Å². The number of benzene rings is 4. The number of carbonyl (C=O) groups excluding carboxylic acids is 4. The smallest absolute Gasteiger partial charge is 0.180 e. The van der Waals surface area contributed by atoms with Gasteiger partial charge in [-0.15, -0.1) is 0 Å². The van der Waals surface area contributed by atoms with Crippen LogP contribution in [0, 0.1) is 0 Å². The summed E-state index contributed by atoms with van der Waals surface area (Å²) < 4.78 is 0. The van der Waals surface area contributed by atoms with Crippen molar-refractivity contribution in [3.63, 3.8) is 0 Å². The van der Waals surface area contributed by atoms with Gasteiger partial charge in [0.15, 0.2) is 23.1 Å². The number of Topliss-reactive ketones (excluding diaryl/α,β-unsaturated/α-hetero) is 4. The summed E-state index contributed by atoms with van der Waals surface area (Å²) in [5.74, 6) is -3.00. The van der Waals surface area contributed by atoms with Gasteiger partial charge in [0.1, 0.15) is 11.8 Å². The highest BCUT2D eigenvalue weighted by atomic mass is 16.2. The fraction of sp³-hybridized carbons (Fsp3) is 0.128. The first-order chi connectivity index (χ1) is 21.7. The second-order valence-electron chi connectivity index (χ2n) is 12.3. The third kappa shape index (κ3) is 4.02. The van der Waals surface area contributed by atoms with Crippen LogP contribution in [-0.4, -0.2) is 33.1 Å². The van der Waals surface area contributed by atoms with Crippen molar-refractivity contribution in [1.29, 1.82) is 0 Å². The number of hydrogen-bond donors (Lipinski definition) is 0. The number of hydrogen-bond acceptors (Lipinski definition) is 6. The van der Waals surface area contributed by atoms with Crippen molar-refractivity contribution < 1.29 is 19.2 Å². The molecule has 216 valence electrons. The predicted molar refractivity (Wildman–Crippen MR) is 171 cm³/mol. The molecule has 2 aliphatic rings. The van der Waals surface area contributed by atoms with Crippen LogP contribution in [0.5, 0.6) is 0 Å². The summed E-state index contributed by atoms with van der Waals surface area (Å²) in [7, 11) is 0. The SMILES string of the molecule is CC(C)(c1ccc2c(c1)C(=O)C(c1ccc3ccccc3n1)C2=O)c1ccc2c(c1)C(=O)C(c1ccc3ccccc3n1)C2=O. The summed E-state index contributed by atoms with van der Waals surface area (Å²) >= 11 is 0. The fourth-order valence-corrected chi connectivity index (χ4v) is 6.75. The molecule has 2 atom stereocenters. The molecule has 2 aromatic heterocycles. The molecular weight excluding hydrogens is 560 g/mol. The summed E-state index contributed by atoms with van der Waals surface area (Å²) in [6, 6.07) is 33.2. The molecule has 0 spiro atoms. The van der Waals surface area contributed by atoms with Gasteiger partial charge in [-0.25, -0.2) is 0 Å². The third-order valence-electron chi connectivity index (χ3n) is 9.42. The third-order valence-corrected chi connectivity index (χ3v) is 9.42. The van der Waals surface area contributed by atoms with Gasteiger partial charge < -0.3 is 0 Å². The van der Waals surface area contributed by atoms with E-state index in [1.54, 1.807) is 36.4 Å². The number of nitrogens with zero attached hydrogens (tertiary/aromatic N) is 2. The van der Waals surface area contributed by atoms with Crippen molar-refractivity contribution >= 4 is 44.9 Å². The largest absolute Gasteiger partial charge is 0.293 e. The van der Waals surface area contributed by atoms with Crippen LogP contribution in [0.25, 0.3) is 21.8 Å². The summed E-state index contributed by atoms with van der Waals surface area (Å²) in [6.45, 7) is 4.01. The van der Waals surface area contributed by atoms with Crippen LogP contribution in [0.15, 0.2) is 109 Å². The van der Waals surface area contributed by atoms with Crippen molar-refractivity contribution in [2.45, 2.75) is 31.1 Å². The second kappa shape index (κ2) is 9.69. The zero-order valence-electron chi connectivity index (χ0n) is 24.6. The molecule has 0 fully saturated rings. The molecule has 0 saturated carbocycles. The quantitative estimate of drug-likeness (QED) is 0.199. The maximum atomic E-state index is 13.7. The molecule has 0 saturated heterocycles. The number of carbonyl (C=O) groups is 4. The topological polar surface area (TPSA) is 94.1 Å². The van der Waals surface area contributed by atoms with Gasteiger partial charge in [0.25, 0.3) is 0 Å². The van der Waals surface area contributed by atoms with Crippen LogP contribution in [0.1, 0.15) is 89.6 Å². The molecule has 0 radical (unpaired) electrons. The van der Waals surface area contributed by atoms with Gasteiger partial charge >= 0.3 is 0 Å². The van der Waals surface area contributed by atoms with Gasteiger partial charge in [-0.05, 0) is 47.5 Å². The molecule has 45 heavy (non-hydrogen) atoms. The summed E-state index contributed by atoms with van der Waals surface area (Å²) in [5.41, 5.74) is 4.87. The predicted octanol–water partition coefficient (Wildman–Crippen LogP) is 7.43. The first-order valence-corrected chi connectivity index (χ1v) is 14.9. The Kier molecular flexibility index (Phi) is 5.81. The van der Waals surface area contributed by atoms with Gasteiger partial charge in [0.2, 0.25) is 0 Å². The number of ketones is 4. The lowest BCUT2D eigenvalue weighted by Crippen LogP contribution is -2.20. The summed E-state index contributed by atoms with van der Waals surface area (Å²) in [5, 5.41) is 1.88. The van der Waals surface area contributed by atoms with E-state index in [9.17, 15) is 19.2 Å². The molecule has 8 rings (SSSR count). The zero-order chi connectivity index (χ0) is 31.0. The standard InChI is InChI=1S/C39H26N2O4/c1-39(2,23-13-15-25-27(19-23)37(44)33(35(25)42)31-17-11-21-7-3-5-9-29(21)40-31)24-14-16-26-28(20-24)38(45)34(36(26)43)32-18-12-22-8-4-6-10-30(22)41-32/h3-20,33-34H,1-2H3. The molecule has 0 bridgehead atoms. The highest BCUT2D eigenvalue weighted by Crippen LogP contribution is 2.41. The first kappa shape index (κ1) is 27.0. The molecular formula is C39H26N2O4. The van der Waals surface area contributed by atoms with E-state index in [0.717, 1.165) is 32.9 Å². The maximum absolute atomic E-state index is 13.7. The fourth-order valence-electron chi connectivity index (χ4n) is 6.75. The monoisotopic (exact) mass is 586 g/mol. The Morgan fingerprint density at radius 3 is 1.31 bits per heavy atom. The van der Waals surface area contributed by atoms with Crippen molar-refractivity contribution in [3.8, 4) is 0 Å². The lowest BCUT2D eigenvalue weighted by atomic mass is 9.76. The van der Waals surface area contributed by atoms with Gasteiger partial charge in [-0.2, -0.15) is 0 Å². The van der Waals surface area contributed by atoms with E-state index < -0.39 is 17.3 Å². The second-order valence-corrected chi connectivity index (χ2v) is 12.3. The Morgan fingerprint density at radius 2 is 0.867 bits per heavy atom. The molecule has 0 aliphatic heterocycles. The molecule has 2 aliphatic carbocycles. The van der Waals surface area contributed by atoms with Gasteiger partial charge in [-0.3, -0.25) is 29.1 Å². The average molecular weight is 587 g/mol. The Hall–Kier alpha value is -5.62. The Morgan fingerprint density at radius 1 is 0.467 bits per heavy atom. The van der Waals surface area contributed by atoms with E-state index >= 15 is 0 Å². The molecule has 4 aromatic carbocycles. The minimum Gasteiger partial charge on any atom is -0.293 e. The lowest BCUT2D eigenvalue weighted by Gasteiger charge is -2.27. The number of aromatic nitrogens is 2. The minimum atomic E-state index is -0.979. The molecule has 6 nitrogen and oxygen atoms in total. The summed E-state index contributed by atoms with van der Waals surface area (Å²) in [6.07, 6.45) is 0. The van der Waals surface area contributed by atoms with Crippen LogP contribution in [0.3, 0.4) is 0 Å². The van der Waals surface area contributed by atoms with Crippen LogP contribution >= 0.6 is 0 Å². The first-order valence-electron chi connectivity index (χ1n) is 14.9. The van der Waals surface area contributed by atoms with Crippen molar-refractivity contribution in [3.05, 3.63) is 154 Å². The van der Waals surface area contributed by atoms with Crippen molar-refractivity contribution in [1.82, 2.24) is 9.97 Å². The van der Waals surface area contributed by atoms with Gasteiger partial charge in [0, 0.05) is 38.4 Å². The highest BCUT2D eigenvalue weighted by molar-refractivity contribution is 6.30. The van der Waals surface area contributed by atoms with E-state index in [1.807, 2.05) is 86.6 Å². The summed E-state index contributed by atoms with van der Waals surface area (Å²) in [4.78, 5) is 63.6. The normalized spacial score (nSPS) is 17.7. The Labute approximate surface area is 258 Å². The van der Waals surface area contributed by atoms with Crippen LogP contribution in [0.4, 0.5) is 0 Å². The molecule has 6 heteroatoms. The number of pyridine rings is 2. The van der Waals surface area contributed by atoms with E-state index in [0.29, 0.717) is 33.6 Å².